The minimum Gasteiger partial charge on any atom is -0.497 e. The van der Waals surface area contributed by atoms with Gasteiger partial charge in [0.15, 0.2) is 0 Å². The van der Waals surface area contributed by atoms with Crippen molar-refractivity contribution < 1.29 is 9.53 Å². The molecular formula is C18H29N3O2. The quantitative estimate of drug-likeness (QED) is 0.901. The molecule has 1 amide bonds. The van der Waals surface area contributed by atoms with E-state index in [0.717, 1.165) is 45.0 Å². The normalized spacial score (nSPS) is 16.3. The number of methoxy groups -OCH3 is 1. The summed E-state index contributed by atoms with van der Waals surface area (Å²) in [6.45, 7) is 11.5. The Morgan fingerprint density at radius 3 is 2.26 bits per heavy atom. The minimum absolute atomic E-state index is 0.120. The fourth-order valence-corrected chi connectivity index (χ4v) is 2.62. The van der Waals surface area contributed by atoms with Gasteiger partial charge in [-0.1, -0.05) is 20.8 Å². The first kappa shape index (κ1) is 17.6. The summed E-state index contributed by atoms with van der Waals surface area (Å²) in [6, 6.07) is 8.23. The number of carbonyl (C=O) groups excluding carboxylic acids is 1. The van der Waals surface area contributed by atoms with Gasteiger partial charge in [0.2, 0.25) is 5.91 Å². The van der Waals surface area contributed by atoms with Gasteiger partial charge in [-0.3, -0.25) is 9.69 Å². The topological polar surface area (TPSA) is 44.8 Å². The Hall–Kier alpha value is -1.75. The van der Waals surface area contributed by atoms with Crippen LogP contribution in [-0.4, -0.2) is 57.2 Å². The molecule has 0 saturated carbocycles. The second-order valence-electron chi connectivity index (χ2n) is 7.03. The van der Waals surface area contributed by atoms with E-state index in [4.69, 9.17) is 4.74 Å². The molecule has 1 fully saturated rings. The summed E-state index contributed by atoms with van der Waals surface area (Å²) in [5.41, 5.74) is 0.930. The minimum atomic E-state index is -0.312. The highest BCUT2D eigenvalue weighted by Gasteiger charge is 2.21. The molecule has 0 unspecified atom stereocenters. The van der Waals surface area contributed by atoms with Gasteiger partial charge in [0.05, 0.1) is 7.11 Å². The summed E-state index contributed by atoms with van der Waals surface area (Å²) < 4.78 is 5.20. The van der Waals surface area contributed by atoms with E-state index in [2.05, 4.69) is 27.2 Å². The van der Waals surface area contributed by atoms with Crippen LogP contribution in [0.15, 0.2) is 24.3 Å². The predicted octanol–water partition coefficient (Wildman–Crippen LogP) is 1.98. The van der Waals surface area contributed by atoms with E-state index in [-0.39, 0.29) is 11.3 Å². The predicted molar refractivity (Wildman–Crippen MR) is 94.1 cm³/mol. The lowest BCUT2D eigenvalue weighted by molar-refractivity contribution is -0.128. The zero-order chi connectivity index (χ0) is 16.9. The molecule has 0 bridgehead atoms. The van der Waals surface area contributed by atoms with Gasteiger partial charge in [-0.05, 0) is 24.3 Å². The fraction of sp³-hybridized carbons (Fsp3) is 0.611. The summed E-state index contributed by atoms with van der Waals surface area (Å²) >= 11 is 0. The molecule has 0 aromatic heterocycles. The molecule has 0 radical (unpaired) electrons. The average molecular weight is 319 g/mol. The van der Waals surface area contributed by atoms with Crippen LogP contribution in [0.5, 0.6) is 5.75 Å². The van der Waals surface area contributed by atoms with Gasteiger partial charge in [0, 0.05) is 50.4 Å². The number of piperazine rings is 1. The fourth-order valence-electron chi connectivity index (χ4n) is 2.62. The van der Waals surface area contributed by atoms with Crippen LogP contribution in [0.2, 0.25) is 0 Å². The van der Waals surface area contributed by atoms with Gasteiger partial charge in [0.1, 0.15) is 5.75 Å². The van der Waals surface area contributed by atoms with Crippen LogP contribution < -0.4 is 15.0 Å². The third-order valence-electron chi connectivity index (χ3n) is 4.20. The van der Waals surface area contributed by atoms with E-state index in [9.17, 15) is 4.79 Å². The summed E-state index contributed by atoms with van der Waals surface area (Å²) in [5, 5.41) is 3.02. The number of ether oxygens (including phenoxy) is 1. The second kappa shape index (κ2) is 7.68. The zero-order valence-corrected chi connectivity index (χ0v) is 14.8. The van der Waals surface area contributed by atoms with Crippen LogP contribution in [0.1, 0.15) is 20.8 Å². The molecule has 1 N–H and O–H groups in total. The van der Waals surface area contributed by atoms with Crippen molar-refractivity contribution in [3.05, 3.63) is 24.3 Å². The van der Waals surface area contributed by atoms with Crippen LogP contribution in [0, 0.1) is 5.41 Å². The van der Waals surface area contributed by atoms with Gasteiger partial charge in [-0.15, -0.1) is 0 Å². The van der Waals surface area contributed by atoms with Crippen molar-refractivity contribution in [2.24, 2.45) is 5.41 Å². The number of rotatable bonds is 5. The van der Waals surface area contributed by atoms with Crippen LogP contribution in [0.4, 0.5) is 5.69 Å². The molecular weight excluding hydrogens is 290 g/mol. The van der Waals surface area contributed by atoms with Crippen LogP contribution in [-0.2, 0) is 4.79 Å². The molecule has 1 aromatic rings. The molecule has 5 nitrogen and oxygen atoms in total. The molecule has 1 saturated heterocycles. The highest BCUT2D eigenvalue weighted by atomic mass is 16.5. The average Bonchev–Trinajstić information content (AvgIpc) is 2.54. The highest BCUT2D eigenvalue weighted by molar-refractivity contribution is 5.81. The third kappa shape index (κ3) is 5.13. The molecule has 0 aliphatic carbocycles. The van der Waals surface area contributed by atoms with E-state index >= 15 is 0 Å². The number of carbonyl (C=O) groups is 1. The summed E-state index contributed by atoms with van der Waals surface area (Å²) in [7, 11) is 1.69. The molecule has 2 rings (SSSR count). The molecule has 128 valence electrons. The Morgan fingerprint density at radius 2 is 1.74 bits per heavy atom. The lowest BCUT2D eigenvalue weighted by Crippen LogP contribution is -2.49. The number of hydrogen-bond donors (Lipinski definition) is 1. The van der Waals surface area contributed by atoms with Crippen molar-refractivity contribution >= 4 is 11.6 Å². The summed E-state index contributed by atoms with van der Waals surface area (Å²) in [6.07, 6.45) is 0. The monoisotopic (exact) mass is 319 g/mol. The van der Waals surface area contributed by atoms with Gasteiger partial charge in [-0.25, -0.2) is 0 Å². The van der Waals surface area contributed by atoms with Crippen LogP contribution in [0.25, 0.3) is 0 Å². The van der Waals surface area contributed by atoms with Crippen LogP contribution in [0.3, 0.4) is 0 Å². The molecule has 5 heteroatoms. The van der Waals surface area contributed by atoms with Gasteiger partial charge < -0.3 is 15.0 Å². The summed E-state index contributed by atoms with van der Waals surface area (Å²) in [5.74, 6) is 1.01. The number of amides is 1. The lowest BCUT2D eigenvalue weighted by Gasteiger charge is -2.36. The molecule has 23 heavy (non-hydrogen) atoms. The Morgan fingerprint density at radius 1 is 1.13 bits per heavy atom. The van der Waals surface area contributed by atoms with Crippen molar-refractivity contribution in [1.29, 1.82) is 0 Å². The number of nitrogens with zero attached hydrogens (tertiary/aromatic N) is 2. The second-order valence-corrected chi connectivity index (χ2v) is 7.03. The maximum Gasteiger partial charge on any atom is 0.225 e. The Bertz CT molecular complexity index is 500. The van der Waals surface area contributed by atoms with E-state index in [1.54, 1.807) is 7.11 Å². The maximum atomic E-state index is 11.8. The van der Waals surface area contributed by atoms with Gasteiger partial charge >= 0.3 is 0 Å². The Labute approximate surface area is 139 Å². The maximum absolute atomic E-state index is 11.8. The molecule has 1 aliphatic rings. The van der Waals surface area contributed by atoms with Crippen molar-refractivity contribution in [2.45, 2.75) is 20.8 Å². The Balaban J connectivity index is 1.72. The standard InChI is InChI=1S/C18H29N3O2/c1-18(2,3)17(22)19-9-10-20-11-13-21(14-12-20)15-5-7-16(23-4)8-6-15/h5-8H,9-14H2,1-4H3,(H,19,22). The Kier molecular flexibility index (Phi) is 5.88. The van der Waals surface area contributed by atoms with Gasteiger partial charge in [-0.2, -0.15) is 0 Å². The van der Waals surface area contributed by atoms with E-state index in [1.165, 1.54) is 5.69 Å². The van der Waals surface area contributed by atoms with E-state index < -0.39 is 0 Å². The molecule has 0 spiro atoms. The lowest BCUT2D eigenvalue weighted by atomic mass is 9.96. The SMILES string of the molecule is COc1ccc(N2CCN(CCNC(=O)C(C)(C)C)CC2)cc1. The van der Waals surface area contributed by atoms with E-state index in [0.29, 0.717) is 0 Å². The zero-order valence-electron chi connectivity index (χ0n) is 14.8. The number of hydrogen-bond acceptors (Lipinski definition) is 4. The molecule has 1 aliphatic heterocycles. The molecule has 1 heterocycles. The third-order valence-corrected chi connectivity index (χ3v) is 4.20. The van der Waals surface area contributed by atoms with Crippen molar-refractivity contribution in [3.63, 3.8) is 0 Å². The first-order valence-electron chi connectivity index (χ1n) is 8.30. The first-order valence-corrected chi connectivity index (χ1v) is 8.30. The first-order chi connectivity index (χ1) is 10.9. The number of anilines is 1. The van der Waals surface area contributed by atoms with Crippen molar-refractivity contribution in [2.75, 3.05) is 51.3 Å². The number of nitrogens with one attached hydrogen (secondary N) is 1. The summed E-state index contributed by atoms with van der Waals surface area (Å²) in [4.78, 5) is 16.6. The highest BCUT2D eigenvalue weighted by Crippen LogP contribution is 2.20. The van der Waals surface area contributed by atoms with Gasteiger partial charge in [0.25, 0.3) is 0 Å². The van der Waals surface area contributed by atoms with Crippen LogP contribution >= 0.6 is 0 Å². The van der Waals surface area contributed by atoms with Crippen molar-refractivity contribution in [1.82, 2.24) is 10.2 Å². The largest absolute Gasteiger partial charge is 0.497 e. The smallest absolute Gasteiger partial charge is 0.225 e. The molecule has 1 aromatic carbocycles. The van der Waals surface area contributed by atoms with E-state index in [1.807, 2.05) is 32.9 Å². The van der Waals surface area contributed by atoms with Crippen molar-refractivity contribution in [3.8, 4) is 5.75 Å². The molecule has 0 atom stereocenters. The number of benzene rings is 1.